The van der Waals surface area contributed by atoms with Crippen molar-refractivity contribution in [3.63, 3.8) is 0 Å². The third kappa shape index (κ3) is 2.71. The van der Waals surface area contributed by atoms with Crippen molar-refractivity contribution in [3.8, 4) is 5.69 Å². The highest BCUT2D eigenvalue weighted by Gasteiger charge is 2.45. The molecule has 2 aromatic rings. The standard InChI is InChI=1S/C17H20N2O2/c1-4-21-17(20)15-8-14(15)13-5-6-16(11(2)7-13)19-9-12(3)18-10-19/h5-7,9-10,14-15H,4,8H2,1-3H3. The number of aryl methyl sites for hydroxylation is 2. The van der Waals surface area contributed by atoms with Crippen LogP contribution in [0.15, 0.2) is 30.7 Å². The second kappa shape index (κ2) is 5.35. The molecule has 1 aromatic heterocycles. The summed E-state index contributed by atoms with van der Waals surface area (Å²) in [6.07, 6.45) is 4.75. The Kier molecular flexibility index (Phi) is 3.53. The SMILES string of the molecule is CCOC(=O)C1CC1c1ccc(-n2cnc(C)c2)c(C)c1. The first-order valence-electron chi connectivity index (χ1n) is 7.38. The van der Waals surface area contributed by atoms with Crippen molar-refractivity contribution in [3.05, 3.63) is 47.5 Å². The molecule has 1 aliphatic rings. The normalized spacial score (nSPS) is 20.3. The predicted octanol–water partition coefficient (Wildman–Crippen LogP) is 3.16. The Balaban J connectivity index is 1.78. The van der Waals surface area contributed by atoms with Gasteiger partial charge < -0.3 is 9.30 Å². The molecule has 2 unspecified atom stereocenters. The van der Waals surface area contributed by atoms with Crippen molar-refractivity contribution < 1.29 is 9.53 Å². The molecule has 1 heterocycles. The van der Waals surface area contributed by atoms with E-state index in [1.807, 2.05) is 30.9 Å². The van der Waals surface area contributed by atoms with Gasteiger partial charge in [-0.15, -0.1) is 0 Å². The van der Waals surface area contributed by atoms with Gasteiger partial charge in [0.1, 0.15) is 0 Å². The van der Waals surface area contributed by atoms with E-state index in [-0.39, 0.29) is 11.9 Å². The first-order valence-corrected chi connectivity index (χ1v) is 7.38. The fourth-order valence-electron chi connectivity index (χ4n) is 2.83. The summed E-state index contributed by atoms with van der Waals surface area (Å²) in [7, 11) is 0. The summed E-state index contributed by atoms with van der Waals surface area (Å²) in [5, 5.41) is 0. The summed E-state index contributed by atoms with van der Waals surface area (Å²) in [6, 6.07) is 6.39. The third-order valence-corrected chi connectivity index (χ3v) is 4.02. The molecule has 2 atom stereocenters. The smallest absolute Gasteiger partial charge is 0.309 e. The number of hydrogen-bond acceptors (Lipinski definition) is 3. The zero-order chi connectivity index (χ0) is 15.0. The fourth-order valence-corrected chi connectivity index (χ4v) is 2.83. The molecule has 3 rings (SSSR count). The highest BCUT2D eigenvalue weighted by molar-refractivity contribution is 5.77. The van der Waals surface area contributed by atoms with Gasteiger partial charge in [0.25, 0.3) is 0 Å². The van der Waals surface area contributed by atoms with Crippen LogP contribution >= 0.6 is 0 Å². The molecule has 110 valence electrons. The Morgan fingerprint density at radius 1 is 1.43 bits per heavy atom. The molecule has 21 heavy (non-hydrogen) atoms. The highest BCUT2D eigenvalue weighted by atomic mass is 16.5. The summed E-state index contributed by atoms with van der Waals surface area (Å²) in [6.45, 7) is 6.38. The Morgan fingerprint density at radius 2 is 2.24 bits per heavy atom. The average Bonchev–Trinajstić information content (AvgIpc) is 3.15. The van der Waals surface area contributed by atoms with Crippen molar-refractivity contribution in [1.82, 2.24) is 9.55 Å². The second-order valence-electron chi connectivity index (χ2n) is 5.67. The van der Waals surface area contributed by atoms with Crippen LogP contribution in [0.1, 0.15) is 36.1 Å². The number of esters is 1. The Bertz CT molecular complexity index is 675. The molecule has 1 fully saturated rings. The van der Waals surface area contributed by atoms with Crippen LogP contribution in [0.5, 0.6) is 0 Å². The average molecular weight is 284 g/mol. The van der Waals surface area contributed by atoms with Gasteiger partial charge in [-0.3, -0.25) is 4.79 Å². The molecule has 1 aromatic carbocycles. The molecule has 4 heteroatoms. The van der Waals surface area contributed by atoms with E-state index < -0.39 is 0 Å². The summed E-state index contributed by atoms with van der Waals surface area (Å²) in [4.78, 5) is 16.0. The Morgan fingerprint density at radius 3 is 2.86 bits per heavy atom. The number of benzene rings is 1. The van der Waals surface area contributed by atoms with Gasteiger partial charge in [-0.25, -0.2) is 4.98 Å². The van der Waals surface area contributed by atoms with Gasteiger partial charge in [0.05, 0.1) is 24.5 Å². The van der Waals surface area contributed by atoms with Crippen LogP contribution in [-0.4, -0.2) is 22.1 Å². The van der Waals surface area contributed by atoms with Crippen LogP contribution in [0.25, 0.3) is 5.69 Å². The van der Waals surface area contributed by atoms with Crippen LogP contribution in [0.3, 0.4) is 0 Å². The minimum atomic E-state index is -0.0607. The number of ether oxygens (including phenoxy) is 1. The molecule has 0 radical (unpaired) electrons. The number of imidazole rings is 1. The van der Waals surface area contributed by atoms with Crippen LogP contribution in [0.4, 0.5) is 0 Å². The Labute approximate surface area is 124 Å². The molecule has 0 aliphatic heterocycles. The number of rotatable bonds is 4. The molecule has 1 saturated carbocycles. The zero-order valence-electron chi connectivity index (χ0n) is 12.7. The minimum Gasteiger partial charge on any atom is -0.466 e. The summed E-state index contributed by atoms with van der Waals surface area (Å²) >= 11 is 0. The van der Waals surface area contributed by atoms with E-state index in [9.17, 15) is 4.79 Å². The van der Waals surface area contributed by atoms with Crippen molar-refractivity contribution in [2.75, 3.05) is 6.61 Å². The van der Waals surface area contributed by atoms with Crippen molar-refractivity contribution >= 4 is 5.97 Å². The number of aromatic nitrogens is 2. The number of nitrogens with zero attached hydrogens (tertiary/aromatic N) is 2. The highest BCUT2D eigenvalue weighted by Crippen LogP contribution is 2.48. The van der Waals surface area contributed by atoms with Gasteiger partial charge >= 0.3 is 5.97 Å². The predicted molar refractivity (Wildman–Crippen MR) is 80.5 cm³/mol. The van der Waals surface area contributed by atoms with E-state index in [0.29, 0.717) is 12.5 Å². The van der Waals surface area contributed by atoms with Crippen LogP contribution in [0.2, 0.25) is 0 Å². The molecule has 0 bridgehead atoms. The summed E-state index contributed by atoms with van der Waals surface area (Å²) in [5.41, 5.74) is 4.56. The lowest BCUT2D eigenvalue weighted by Crippen LogP contribution is -2.07. The van der Waals surface area contributed by atoms with E-state index in [1.54, 1.807) is 0 Å². The van der Waals surface area contributed by atoms with E-state index >= 15 is 0 Å². The molecular weight excluding hydrogens is 264 g/mol. The summed E-state index contributed by atoms with van der Waals surface area (Å²) < 4.78 is 7.12. The van der Waals surface area contributed by atoms with E-state index in [0.717, 1.165) is 17.8 Å². The van der Waals surface area contributed by atoms with Gasteiger partial charge in [-0.2, -0.15) is 0 Å². The fraction of sp³-hybridized carbons (Fsp3) is 0.412. The lowest BCUT2D eigenvalue weighted by atomic mass is 10.0. The lowest BCUT2D eigenvalue weighted by Gasteiger charge is -2.09. The molecule has 4 nitrogen and oxygen atoms in total. The molecule has 0 saturated heterocycles. The van der Waals surface area contributed by atoms with Gasteiger partial charge in [0.2, 0.25) is 0 Å². The van der Waals surface area contributed by atoms with Crippen molar-refractivity contribution in [2.45, 2.75) is 33.1 Å². The maximum absolute atomic E-state index is 11.7. The maximum atomic E-state index is 11.7. The number of carbonyl (C=O) groups excluding carboxylic acids is 1. The third-order valence-electron chi connectivity index (χ3n) is 4.02. The van der Waals surface area contributed by atoms with E-state index in [1.165, 1.54) is 11.1 Å². The topological polar surface area (TPSA) is 44.1 Å². The van der Waals surface area contributed by atoms with E-state index in [2.05, 4.69) is 30.1 Å². The molecular formula is C17H20N2O2. The first kappa shape index (κ1) is 13.9. The molecule has 0 N–H and O–H groups in total. The van der Waals surface area contributed by atoms with Crippen LogP contribution < -0.4 is 0 Å². The quantitative estimate of drug-likeness (QED) is 0.810. The molecule has 0 spiro atoms. The largest absolute Gasteiger partial charge is 0.466 e. The monoisotopic (exact) mass is 284 g/mol. The molecule has 1 aliphatic carbocycles. The first-order chi connectivity index (χ1) is 10.1. The zero-order valence-corrected chi connectivity index (χ0v) is 12.7. The number of carbonyl (C=O) groups is 1. The van der Waals surface area contributed by atoms with Gasteiger partial charge in [-0.1, -0.05) is 12.1 Å². The Hall–Kier alpha value is -2.10. The second-order valence-corrected chi connectivity index (χ2v) is 5.67. The number of hydrogen-bond donors (Lipinski definition) is 0. The van der Waals surface area contributed by atoms with Gasteiger partial charge in [-0.05, 0) is 50.3 Å². The van der Waals surface area contributed by atoms with Crippen LogP contribution in [0, 0.1) is 19.8 Å². The van der Waals surface area contributed by atoms with Crippen molar-refractivity contribution in [2.24, 2.45) is 5.92 Å². The summed E-state index contributed by atoms with van der Waals surface area (Å²) in [5.74, 6) is 0.307. The molecule has 0 amide bonds. The van der Waals surface area contributed by atoms with Gasteiger partial charge in [0, 0.05) is 11.9 Å². The van der Waals surface area contributed by atoms with E-state index in [4.69, 9.17) is 4.74 Å². The van der Waals surface area contributed by atoms with Crippen LogP contribution in [-0.2, 0) is 9.53 Å². The van der Waals surface area contributed by atoms with Gasteiger partial charge in [0.15, 0.2) is 0 Å². The lowest BCUT2D eigenvalue weighted by molar-refractivity contribution is -0.144. The minimum absolute atomic E-state index is 0.0469. The van der Waals surface area contributed by atoms with Crippen molar-refractivity contribution in [1.29, 1.82) is 0 Å². The maximum Gasteiger partial charge on any atom is 0.309 e.